The number of hydrogen-bond acceptors (Lipinski definition) is 7. The zero-order valence-corrected chi connectivity index (χ0v) is 20.2. The minimum Gasteiger partial charge on any atom is -0.497 e. The number of rotatable bonds is 9. The number of amides is 1. The van der Waals surface area contributed by atoms with Crippen LogP contribution in [0.25, 0.3) is 0 Å². The van der Waals surface area contributed by atoms with Gasteiger partial charge in [-0.3, -0.25) is 19.6 Å². The molecule has 34 heavy (non-hydrogen) atoms. The molecule has 8 heteroatoms. The molecule has 1 aromatic heterocycles. The minimum absolute atomic E-state index is 0.0613. The van der Waals surface area contributed by atoms with Crippen molar-refractivity contribution in [2.45, 2.75) is 38.5 Å². The summed E-state index contributed by atoms with van der Waals surface area (Å²) in [5, 5.41) is 3.17. The molecule has 2 atom stereocenters. The summed E-state index contributed by atoms with van der Waals surface area (Å²) in [5.41, 5.74) is 2.21. The van der Waals surface area contributed by atoms with Crippen molar-refractivity contribution in [3.05, 3.63) is 53.9 Å². The Hall–Kier alpha value is -2.68. The molecule has 2 aromatic rings. The van der Waals surface area contributed by atoms with E-state index in [1.165, 1.54) is 0 Å². The molecule has 1 aromatic carbocycles. The third kappa shape index (κ3) is 6.46. The molecule has 2 aliphatic heterocycles. The molecule has 0 bridgehead atoms. The van der Waals surface area contributed by atoms with E-state index in [9.17, 15) is 4.79 Å². The van der Waals surface area contributed by atoms with Gasteiger partial charge in [0.15, 0.2) is 0 Å². The molecule has 8 nitrogen and oxygen atoms in total. The highest BCUT2D eigenvalue weighted by molar-refractivity contribution is 5.76. The molecule has 2 aliphatic rings. The maximum absolute atomic E-state index is 12.8. The number of benzene rings is 1. The van der Waals surface area contributed by atoms with Crippen molar-refractivity contribution in [1.82, 2.24) is 20.1 Å². The zero-order valence-electron chi connectivity index (χ0n) is 20.2. The van der Waals surface area contributed by atoms with E-state index >= 15 is 0 Å². The standard InChI is InChI=1S/C26H36N4O4/c1-3-22-19-29(18-21-15-23(32-2)6-7-25(21)34-22)10-8-26(31)28-17-24(20-5-4-9-27-16-20)30-11-13-33-14-12-30/h4-7,9,15-16,22,24H,3,8,10-14,17-19H2,1-2H3,(H,28,31)/t22-,24+/m0/s1. The number of morpholine rings is 1. The van der Waals surface area contributed by atoms with Crippen molar-refractivity contribution >= 4 is 5.91 Å². The number of pyridine rings is 1. The second-order valence-electron chi connectivity index (χ2n) is 8.86. The van der Waals surface area contributed by atoms with Crippen LogP contribution in [0.4, 0.5) is 0 Å². The SMILES string of the molecule is CC[C@H]1CN(CCC(=O)NC[C@H](c2cccnc2)N2CCOCC2)Cc2cc(OC)ccc2O1. The molecule has 1 fully saturated rings. The Labute approximate surface area is 202 Å². The smallest absolute Gasteiger partial charge is 0.221 e. The molecule has 0 radical (unpaired) electrons. The summed E-state index contributed by atoms with van der Waals surface area (Å²) in [6.07, 6.45) is 5.13. The van der Waals surface area contributed by atoms with Crippen molar-refractivity contribution in [3.63, 3.8) is 0 Å². The van der Waals surface area contributed by atoms with Crippen LogP contribution in [0.2, 0.25) is 0 Å². The third-order valence-electron chi connectivity index (χ3n) is 6.58. The largest absolute Gasteiger partial charge is 0.497 e. The van der Waals surface area contributed by atoms with Gasteiger partial charge in [0.25, 0.3) is 0 Å². The number of aromatic nitrogens is 1. The number of fused-ring (bicyclic) bond motifs is 1. The van der Waals surface area contributed by atoms with Gasteiger partial charge in [-0.25, -0.2) is 0 Å². The van der Waals surface area contributed by atoms with Crippen LogP contribution in [0.5, 0.6) is 11.5 Å². The molecule has 1 amide bonds. The van der Waals surface area contributed by atoms with Crippen LogP contribution in [0.3, 0.4) is 0 Å². The summed E-state index contributed by atoms with van der Waals surface area (Å²) in [5.74, 6) is 1.79. The highest BCUT2D eigenvalue weighted by Gasteiger charge is 2.25. The van der Waals surface area contributed by atoms with Crippen LogP contribution >= 0.6 is 0 Å². The predicted octanol–water partition coefficient (Wildman–Crippen LogP) is 2.64. The van der Waals surface area contributed by atoms with Gasteiger partial charge in [-0.2, -0.15) is 0 Å². The average molecular weight is 469 g/mol. The fourth-order valence-electron chi connectivity index (χ4n) is 4.59. The first-order valence-electron chi connectivity index (χ1n) is 12.2. The number of methoxy groups -OCH3 is 1. The van der Waals surface area contributed by atoms with E-state index in [1.807, 2.05) is 30.5 Å². The average Bonchev–Trinajstić information content (AvgIpc) is 3.07. The quantitative estimate of drug-likeness (QED) is 0.606. The van der Waals surface area contributed by atoms with Gasteiger partial charge in [0.1, 0.15) is 17.6 Å². The van der Waals surface area contributed by atoms with E-state index in [-0.39, 0.29) is 18.1 Å². The lowest BCUT2D eigenvalue weighted by molar-refractivity contribution is -0.121. The molecular formula is C26H36N4O4. The molecule has 0 saturated carbocycles. The molecule has 4 rings (SSSR count). The van der Waals surface area contributed by atoms with Crippen LogP contribution < -0.4 is 14.8 Å². The summed E-state index contributed by atoms with van der Waals surface area (Å²) in [6.45, 7) is 8.04. The van der Waals surface area contributed by atoms with Gasteiger partial charge in [-0.15, -0.1) is 0 Å². The molecule has 3 heterocycles. The number of nitrogens with zero attached hydrogens (tertiary/aromatic N) is 3. The van der Waals surface area contributed by atoms with E-state index in [0.717, 1.165) is 55.2 Å². The Morgan fingerprint density at radius 1 is 1.29 bits per heavy atom. The Bertz CT molecular complexity index is 920. The van der Waals surface area contributed by atoms with E-state index in [4.69, 9.17) is 14.2 Å². The minimum atomic E-state index is 0.0613. The number of nitrogens with one attached hydrogen (secondary N) is 1. The third-order valence-corrected chi connectivity index (χ3v) is 6.58. The van der Waals surface area contributed by atoms with Gasteiger partial charge in [0.2, 0.25) is 5.91 Å². The number of carbonyl (C=O) groups is 1. The second kappa shape index (κ2) is 12.1. The first-order valence-corrected chi connectivity index (χ1v) is 12.2. The fraction of sp³-hybridized carbons (Fsp3) is 0.538. The predicted molar refractivity (Wildman–Crippen MR) is 130 cm³/mol. The lowest BCUT2D eigenvalue weighted by Crippen LogP contribution is -2.44. The summed E-state index contributed by atoms with van der Waals surface area (Å²) >= 11 is 0. The topological polar surface area (TPSA) is 76.2 Å². The van der Waals surface area contributed by atoms with Gasteiger partial charge in [0.05, 0.1) is 26.4 Å². The molecule has 1 saturated heterocycles. The molecule has 1 N–H and O–H groups in total. The Morgan fingerprint density at radius 3 is 2.88 bits per heavy atom. The van der Waals surface area contributed by atoms with Crippen molar-refractivity contribution in [2.24, 2.45) is 0 Å². The summed E-state index contributed by atoms with van der Waals surface area (Å²) in [6, 6.07) is 10.1. The lowest BCUT2D eigenvalue weighted by atomic mass is 10.1. The van der Waals surface area contributed by atoms with Crippen LogP contribution in [0.1, 0.15) is 36.9 Å². The molecular weight excluding hydrogens is 432 g/mol. The molecule has 0 aliphatic carbocycles. The highest BCUT2D eigenvalue weighted by Crippen LogP contribution is 2.29. The Kier molecular flexibility index (Phi) is 8.73. The van der Waals surface area contributed by atoms with Crippen LogP contribution in [0, 0.1) is 0 Å². The summed E-state index contributed by atoms with van der Waals surface area (Å²) in [7, 11) is 1.67. The van der Waals surface area contributed by atoms with Gasteiger partial charge in [-0.1, -0.05) is 13.0 Å². The molecule has 0 unspecified atom stereocenters. The van der Waals surface area contributed by atoms with Crippen molar-refractivity contribution in [3.8, 4) is 11.5 Å². The van der Waals surface area contributed by atoms with Gasteiger partial charge < -0.3 is 19.5 Å². The maximum atomic E-state index is 12.8. The summed E-state index contributed by atoms with van der Waals surface area (Å²) in [4.78, 5) is 21.8. The van der Waals surface area contributed by atoms with Crippen molar-refractivity contribution in [1.29, 1.82) is 0 Å². The molecule has 0 spiro atoms. The van der Waals surface area contributed by atoms with Crippen LogP contribution in [-0.2, 0) is 16.1 Å². The zero-order chi connectivity index (χ0) is 23.8. The molecule has 184 valence electrons. The maximum Gasteiger partial charge on any atom is 0.221 e. The van der Waals surface area contributed by atoms with E-state index in [1.54, 1.807) is 13.3 Å². The Balaban J connectivity index is 1.34. The van der Waals surface area contributed by atoms with Crippen molar-refractivity contribution < 1.29 is 19.0 Å². The second-order valence-corrected chi connectivity index (χ2v) is 8.86. The van der Waals surface area contributed by atoms with Crippen LogP contribution in [-0.4, -0.2) is 79.8 Å². The normalized spacial score (nSPS) is 20.0. The highest BCUT2D eigenvalue weighted by atomic mass is 16.5. The lowest BCUT2D eigenvalue weighted by Gasteiger charge is -2.34. The van der Waals surface area contributed by atoms with E-state index in [2.05, 4.69) is 33.1 Å². The van der Waals surface area contributed by atoms with E-state index < -0.39 is 0 Å². The monoisotopic (exact) mass is 468 g/mol. The van der Waals surface area contributed by atoms with Gasteiger partial charge in [0, 0.05) is 63.6 Å². The fourth-order valence-corrected chi connectivity index (χ4v) is 4.59. The van der Waals surface area contributed by atoms with Crippen LogP contribution in [0.15, 0.2) is 42.7 Å². The number of carbonyl (C=O) groups excluding carboxylic acids is 1. The van der Waals surface area contributed by atoms with E-state index in [0.29, 0.717) is 32.7 Å². The van der Waals surface area contributed by atoms with Crippen molar-refractivity contribution in [2.75, 3.05) is 53.0 Å². The number of hydrogen-bond donors (Lipinski definition) is 1. The first-order chi connectivity index (χ1) is 16.7. The summed E-state index contributed by atoms with van der Waals surface area (Å²) < 4.78 is 17.1. The first kappa shape index (κ1) is 24.4. The Morgan fingerprint density at radius 2 is 2.15 bits per heavy atom. The number of ether oxygens (including phenoxy) is 3. The van der Waals surface area contributed by atoms with Gasteiger partial charge in [-0.05, 0) is 36.2 Å². The van der Waals surface area contributed by atoms with Gasteiger partial charge >= 0.3 is 0 Å².